The van der Waals surface area contributed by atoms with Crippen LogP contribution in [0.1, 0.15) is 25.3 Å². The Morgan fingerprint density at radius 1 is 1.05 bits per heavy atom. The van der Waals surface area contributed by atoms with E-state index in [2.05, 4.69) is 0 Å². The quantitative estimate of drug-likeness (QED) is 0.837. The lowest BCUT2D eigenvalue weighted by atomic mass is 9.99. The molecular formula is C15H18Cl2N2O2. The predicted molar refractivity (Wildman–Crippen MR) is 83.7 cm³/mol. The number of hydrogen-bond donors (Lipinski definition) is 0. The van der Waals surface area contributed by atoms with Crippen molar-refractivity contribution in [3.8, 4) is 0 Å². The van der Waals surface area contributed by atoms with E-state index < -0.39 is 5.92 Å². The van der Waals surface area contributed by atoms with Gasteiger partial charge in [0.1, 0.15) is 0 Å². The Morgan fingerprint density at radius 3 is 2.00 bits per heavy atom. The van der Waals surface area contributed by atoms with Gasteiger partial charge in [-0.25, -0.2) is 0 Å². The first-order valence-electron chi connectivity index (χ1n) is 6.90. The second kappa shape index (κ2) is 6.67. The van der Waals surface area contributed by atoms with Crippen LogP contribution < -0.4 is 0 Å². The van der Waals surface area contributed by atoms with E-state index >= 15 is 0 Å². The summed E-state index contributed by atoms with van der Waals surface area (Å²) < 4.78 is 0. The van der Waals surface area contributed by atoms with Gasteiger partial charge in [-0.2, -0.15) is 0 Å². The maximum absolute atomic E-state index is 12.6. The summed E-state index contributed by atoms with van der Waals surface area (Å²) in [7, 11) is 0. The molecule has 6 heteroatoms. The van der Waals surface area contributed by atoms with Gasteiger partial charge < -0.3 is 9.80 Å². The van der Waals surface area contributed by atoms with Crippen molar-refractivity contribution in [3.05, 3.63) is 33.8 Å². The summed E-state index contributed by atoms with van der Waals surface area (Å²) in [6.07, 6.45) is 0. The lowest BCUT2D eigenvalue weighted by Crippen LogP contribution is -2.51. The molecule has 0 bridgehead atoms. The van der Waals surface area contributed by atoms with Crippen LogP contribution in [0.3, 0.4) is 0 Å². The second-order valence-electron chi connectivity index (χ2n) is 5.19. The third-order valence-corrected chi connectivity index (χ3v) is 4.50. The van der Waals surface area contributed by atoms with Crippen molar-refractivity contribution < 1.29 is 9.59 Å². The zero-order valence-corrected chi connectivity index (χ0v) is 13.6. The second-order valence-corrected chi connectivity index (χ2v) is 6.00. The van der Waals surface area contributed by atoms with Crippen molar-refractivity contribution in [2.24, 2.45) is 0 Å². The third kappa shape index (κ3) is 3.50. The molecule has 1 fully saturated rings. The highest BCUT2D eigenvalue weighted by Gasteiger charge is 2.28. The summed E-state index contributed by atoms with van der Waals surface area (Å²) in [5.74, 6) is -0.354. The fourth-order valence-electron chi connectivity index (χ4n) is 2.56. The van der Waals surface area contributed by atoms with Crippen LogP contribution in [0.5, 0.6) is 0 Å². The van der Waals surface area contributed by atoms with E-state index in [4.69, 9.17) is 23.2 Å². The van der Waals surface area contributed by atoms with E-state index in [1.165, 1.54) is 0 Å². The Morgan fingerprint density at radius 2 is 1.52 bits per heavy atom. The van der Waals surface area contributed by atoms with Crippen molar-refractivity contribution >= 4 is 35.0 Å². The summed E-state index contributed by atoms with van der Waals surface area (Å²) in [4.78, 5) is 27.4. The minimum Gasteiger partial charge on any atom is -0.339 e. The molecule has 1 unspecified atom stereocenters. The van der Waals surface area contributed by atoms with E-state index in [9.17, 15) is 9.59 Å². The number of carbonyl (C=O) groups excluding carboxylic acids is 2. The molecule has 0 aliphatic carbocycles. The number of halogens is 2. The van der Waals surface area contributed by atoms with Crippen LogP contribution in [-0.4, -0.2) is 47.8 Å². The highest BCUT2D eigenvalue weighted by atomic mass is 35.5. The molecule has 4 nitrogen and oxygen atoms in total. The summed E-state index contributed by atoms with van der Waals surface area (Å²) in [5, 5.41) is 1.01. The number of rotatable bonds is 2. The first-order chi connectivity index (χ1) is 9.91. The van der Waals surface area contributed by atoms with Gasteiger partial charge in [-0.15, -0.1) is 0 Å². The van der Waals surface area contributed by atoms with Crippen LogP contribution in [0.4, 0.5) is 0 Å². The van der Waals surface area contributed by atoms with Gasteiger partial charge in [0.15, 0.2) is 0 Å². The fourth-order valence-corrected chi connectivity index (χ4v) is 3.29. The first-order valence-corrected chi connectivity index (χ1v) is 7.65. The van der Waals surface area contributed by atoms with Gasteiger partial charge in [0.05, 0.1) is 5.92 Å². The Kier molecular flexibility index (Phi) is 5.12. The fraction of sp³-hybridized carbons (Fsp3) is 0.467. The summed E-state index contributed by atoms with van der Waals surface area (Å²) in [6, 6.07) is 5.23. The zero-order chi connectivity index (χ0) is 15.6. The van der Waals surface area contributed by atoms with Gasteiger partial charge in [-0.05, 0) is 19.1 Å². The molecule has 2 amide bonds. The number of hydrogen-bond acceptors (Lipinski definition) is 2. The molecule has 1 aliphatic heterocycles. The van der Waals surface area contributed by atoms with E-state index in [1.807, 2.05) is 6.92 Å². The van der Waals surface area contributed by atoms with Crippen molar-refractivity contribution in [3.63, 3.8) is 0 Å². The number of benzene rings is 1. The molecule has 1 atom stereocenters. The van der Waals surface area contributed by atoms with Crippen LogP contribution in [0, 0.1) is 0 Å². The van der Waals surface area contributed by atoms with Crippen LogP contribution in [-0.2, 0) is 9.59 Å². The molecule has 0 spiro atoms. The Balaban J connectivity index is 2.09. The molecule has 1 aromatic rings. The first kappa shape index (κ1) is 16.1. The number of piperazine rings is 1. The third-order valence-electron chi connectivity index (χ3n) is 3.84. The number of amides is 2. The van der Waals surface area contributed by atoms with Crippen molar-refractivity contribution in [1.82, 2.24) is 9.80 Å². The molecule has 0 N–H and O–H groups in total. The molecule has 114 valence electrons. The normalized spacial score (nSPS) is 16.8. The average molecular weight is 329 g/mol. The van der Waals surface area contributed by atoms with E-state index in [1.54, 1.807) is 34.9 Å². The maximum Gasteiger partial charge on any atom is 0.230 e. The van der Waals surface area contributed by atoms with E-state index in [-0.39, 0.29) is 11.8 Å². The van der Waals surface area contributed by atoms with Crippen LogP contribution in [0.25, 0.3) is 0 Å². The average Bonchev–Trinajstić information content (AvgIpc) is 2.46. The maximum atomic E-state index is 12.6. The molecule has 2 rings (SSSR count). The smallest absolute Gasteiger partial charge is 0.230 e. The Hall–Kier alpha value is -1.26. The highest BCUT2D eigenvalue weighted by molar-refractivity contribution is 6.36. The standard InChI is InChI=1S/C15H18Cl2N2O2/c1-10(14-12(16)4-3-5-13(14)17)15(21)19-8-6-18(7-9-19)11(2)20/h3-5,10H,6-9H2,1-2H3. The summed E-state index contributed by atoms with van der Waals surface area (Å²) >= 11 is 12.3. The van der Waals surface area contributed by atoms with Crippen LogP contribution >= 0.6 is 23.2 Å². The van der Waals surface area contributed by atoms with Crippen molar-refractivity contribution in [2.75, 3.05) is 26.2 Å². The van der Waals surface area contributed by atoms with Crippen LogP contribution in [0.2, 0.25) is 10.0 Å². The van der Waals surface area contributed by atoms with Crippen molar-refractivity contribution in [2.45, 2.75) is 19.8 Å². The number of carbonyl (C=O) groups is 2. The largest absolute Gasteiger partial charge is 0.339 e. The molecule has 21 heavy (non-hydrogen) atoms. The molecule has 1 heterocycles. The molecule has 1 saturated heterocycles. The monoisotopic (exact) mass is 328 g/mol. The predicted octanol–water partition coefficient (Wildman–Crippen LogP) is 2.79. The lowest BCUT2D eigenvalue weighted by Gasteiger charge is -2.35. The molecule has 0 saturated carbocycles. The van der Waals surface area contributed by atoms with Gasteiger partial charge in [0, 0.05) is 48.7 Å². The minimum absolute atomic E-state index is 0.00629. The highest BCUT2D eigenvalue weighted by Crippen LogP contribution is 2.32. The van der Waals surface area contributed by atoms with Gasteiger partial charge in [0.25, 0.3) is 0 Å². The Labute approximate surface area is 134 Å². The number of nitrogens with zero attached hydrogens (tertiary/aromatic N) is 2. The minimum atomic E-state index is -0.393. The zero-order valence-electron chi connectivity index (χ0n) is 12.1. The van der Waals surface area contributed by atoms with Gasteiger partial charge in [0.2, 0.25) is 11.8 Å². The summed E-state index contributed by atoms with van der Waals surface area (Å²) in [6.45, 7) is 5.60. The topological polar surface area (TPSA) is 40.6 Å². The van der Waals surface area contributed by atoms with Gasteiger partial charge >= 0.3 is 0 Å². The van der Waals surface area contributed by atoms with Gasteiger partial charge in [-0.1, -0.05) is 29.3 Å². The lowest BCUT2D eigenvalue weighted by molar-refractivity contribution is -0.139. The van der Waals surface area contributed by atoms with Crippen molar-refractivity contribution in [1.29, 1.82) is 0 Å². The van der Waals surface area contributed by atoms with E-state index in [0.29, 0.717) is 41.8 Å². The van der Waals surface area contributed by atoms with E-state index in [0.717, 1.165) is 0 Å². The Bertz CT molecular complexity index is 534. The molecule has 0 aromatic heterocycles. The molecular weight excluding hydrogens is 311 g/mol. The van der Waals surface area contributed by atoms with Crippen LogP contribution in [0.15, 0.2) is 18.2 Å². The molecule has 1 aliphatic rings. The summed E-state index contributed by atoms with van der Waals surface area (Å²) in [5.41, 5.74) is 0.667. The molecule has 1 aromatic carbocycles. The molecule has 0 radical (unpaired) electrons. The SMILES string of the molecule is CC(=O)N1CCN(C(=O)C(C)c2c(Cl)cccc2Cl)CC1. The van der Waals surface area contributed by atoms with Gasteiger partial charge in [-0.3, -0.25) is 9.59 Å².